The largest absolute Gasteiger partial charge is 0.335 e. The van der Waals surface area contributed by atoms with Crippen LogP contribution in [-0.4, -0.2) is 52.5 Å². The van der Waals surface area contributed by atoms with Crippen LogP contribution in [0.15, 0.2) is 30.3 Å². The molecule has 1 amide bonds. The Kier molecular flexibility index (Phi) is 5.27. The molecule has 2 aromatic heterocycles. The number of aromatic nitrogens is 3. The Morgan fingerprint density at radius 2 is 1.91 bits per heavy atom. The van der Waals surface area contributed by atoms with Gasteiger partial charge in [0.25, 0.3) is 5.91 Å². The molecule has 1 saturated heterocycles. The summed E-state index contributed by atoms with van der Waals surface area (Å²) in [5, 5.41) is 5.32. The van der Waals surface area contributed by atoms with Crippen molar-refractivity contribution in [1.82, 2.24) is 19.7 Å². The number of rotatable bonds is 5. The zero-order valence-corrected chi connectivity index (χ0v) is 19.8. The van der Waals surface area contributed by atoms with Gasteiger partial charge in [-0.2, -0.15) is 5.10 Å². The summed E-state index contributed by atoms with van der Waals surface area (Å²) >= 11 is 0. The number of aryl methyl sites for hydroxylation is 1. The van der Waals surface area contributed by atoms with Crippen LogP contribution in [0.5, 0.6) is 0 Å². The summed E-state index contributed by atoms with van der Waals surface area (Å²) in [6, 6.07) is 7.50. The fourth-order valence-corrected chi connectivity index (χ4v) is 6.33. The second kappa shape index (κ2) is 7.90. The number of carbonyl (C=O) groups is 1. The van der Waals surface area contributed by atoms with Gasteiger partial charge in [-0.05, 0) is 56.9 Å². The van der Waals surface area contributed by atoms with Gasteiger partial charge in [-0.1, -0.05) is 12.1 Å². The van der Waals surface area contributed by atoms with E-state index in [2.05, 4.69) is 5.10 Å². The third kappa shape index (κ3) is 4.03. The van der Waals surface area contributed by atoms with E-state index in [1.54, 1.807) is 28.8 Å². The molecule has 174 valence electrons. The van der Waals surface area contributed by atoms with Gasteiger partial charge in [-0.25, -0.2) is 22.5 Å². The summed E-state index contributed by atoms with van der Waals surface area (Å²) in [6.45, 7) is 3.74. The lowest BCUT2D eigenvalue weighted by Crippen LogP contribution is -2.30. The zero-order valence-electron chi connectivity index (χ0n) is 19.0. The first-order chi connectivity index (χ1) is 15.6. The van der Waals surface area contributed by atoms with E-state index in [0.29, 0.717) is 34.6 Å². The molecule has 9 heteroatoms. The molecule has 2 atom stereocenters. The molecule has 0 spiro atoms. The Morgan fingerprint density at radius 3 is 2.52 bits per heavy atom. The Bertz CT molecular complexity index is 1350. The van der Waals surface area contributed by atoms with Crippen molar-refractivity contribution in [2.75, 3.05) is 18.6 Å². The molecule has 33 heavy (non-hydrogen) atoms. The van der Waals surface area contributed by atoms with Crippen LogP contribution in [-0.2, 0) is 9.84 Å². The van der Waals surface area contributed by atoms with Gasteiger partial charge in [0.15, 0.2) is 15.5 Å². The maximum Gasteiger partial charge on any atom is 0.254 e. The van der Waals surface area contributed by atoms with Crippen molar-refractivity contribution in [3.05, 3.63) is 58.7 Å². The van der Waals surface area contributed by atoms with Gasteiger partial charge in [0, 0.05) is 18.7 Å². The van der Waals surface area contributed by atoms with Gasteiger partial charge in [0.1, 0.15) is 5.82 Å². The van der Waals surface area contributed by atoms with Crippen LogP contribution in [0.2, 0.25) is 0 Å². The van der Waals surface area contributed by atoms with E-state index in [4.69, 9.17) is 4.98 Å². The molecule has 1 aromatic carbocycles. The molecule has 0 radical (unpaired) electrons. The Labute approximate surface area is 192 Å². The topological polar surface area (TPSA) is 85.2 Å². The van der Waals surface area contributed by atoms with Crippen LogP contribution in [0, 0.1) is 12.7 Å². The summed E-state index contributed by atoms with van der Waals surface area (Å²) in [5.74, 6) is 0.0225. The minimum atomic E-state index is -3.09. The lowest BCUT2D eigenvalue weighted by molar-refractivity contribution is 0.0744. The van der Waals surface area contributed by atoms with Crippen LogP contribution < -0.4 is 0 Å². The Balaban J connectivity index is 1.58. The lowest BCUT2D eigenvalue weighted by Gasteiger charge is -2.26. The van der Waals surface area contributed by atoms with E-state index >= 15 is 0 Å². The summed E-state index contributed by atoms with van der Waals surface area (Å²) in [6.07, 6.45) is 2.55. The number of benzene rings is 1. The number of carbonyl (C=O) groups excluding carboxylic acids is 1. The monoisotopic (exact) mass is 470 g/mol. The minimum Gasteiger partial charge on any atom is -0.335 e. The summed E-state index contributed by atoms with van der Waals surface area (Å²) in [5.41, 5.74) is 3.47. The Morgan fingerprint density at radius 1 is 1.21 bits per heavy atom. The molecule has 0 N–H and O–H groups in total. The number of pyridine rings is 1. The van der Waals surface area contributed by atoms with Crippen LogP contribution >= 0.6 is 0 Å². The van der Waals surface area contributed by atoms with Crippen molar-refractivity contribution in [3.63, 3.8) is 0 Å². The van der Waals surface area contributed by atoms with Crippen molar-refractivity contribution >= 4 is 26.8 Å². The van der Waals surface area contributed by atoms with Gasteiger partial charge in [0.2, 0.25) is 0 Å². The van der Waals surface area contributed by atoms with Crippen molar-refractivity contribution < 1.29 is 17.6 Å². The third-order valence-corrected chi connectivity index (χ3v) is 8.64. The predicted molar refractivity (Wildman–Crippen MR) is 123 cm³/mol. The summed E-state index contributed by atoms with van der Waals surface area (Å²) in [4.78, 5) is 20.2. The van der Waals surface area contributed by atoms with Gasteiger partial charge < -0.3 is 4.90 Å². The van der Waals surface area contributed by atoms with Crippen LogP contribution in [0.4, 0.5) is 4.39 Å². The Hall–Kier alpha value is -2.81. The first kappa shape index (κ1) is 22.0. The van der Waals surface area contributed by atoms with Crippen LogP contribution in [0.3, 0.4) is 0 Å². The lowest BCUT2D eigenvalue weighted by atomic mass is 10.0. The van der Waals surface area contributed by atoms with E-state index in [0.717, 1.165) is 24.1 Å². The molecule has 2 fully saturated rings. The van der Waals surface area contributed by atoms with E-state index in [-0.39, 0.29) is 35.3 Å². The highest BCUT2D eigenvalue weighted by molar-refractivity contribution is 7.91. The van der Waals surface area contributed by atoms with E-state index in [1.807, 2.05) is 19.9 Å². The zero-order chi connectivity index (χ0) is 23.5. The standard InChI is InChI=1S/C24H27FN4O3S/c1-14-22-20(24(30)28(3)15(2)16-6-8-18(25)9-7-16)12-21(17-4-5-17)26-23(22)29(27-14)19-10-11-33(31,32)13-19/h6-9,12,15,17,19H,4-5,10-11,13H2,1-3H3. The average molecular weight is 471 g/mol. The highest BCUT2D eigenvalue weighted by Crippen LogP contribution is 2.41. The molecule has 7 nitrogen and oxygen atoms in total. The van der Waals surface area contributed by atoms with Crippen molar-refractivity contribution in [2.45, 2.75) is 51.1 Å². The molecule has 1 aliphatic heterocycles. The number of halogens is 1. The number of sulfone groups is 1. The maximum atomic E-state index is 13.7. The van der Waals surface area contributed by atoms with E-state index in [1.165, 1.54) is 12.1 Å². The molecule has 2 aliphatic rings. The fraction of sp³-hybridized carbons (Fsp3) is 0.458. The van der Waals surface area contributed by atoms with Gasteiger partial charge in [0.05, 0.1) is 40.2 Å². The number of nitrogens with zero attached hydrogens (tertiary/aromatic N) is 4. The number of hydrogen-bond donors (Lipinski definition) is 0. The molecule has 3 aromatic rings. The minimum absolute atomic E-state index is 0.0450. The van der Waals surface area contributed by atoms with Gasteiger partial charge in [-0.3, -0.25) is 4.79 Å². The molecule has 3 heterocycles. The first-order valence-corrected chi connectivity index (χ1v) is 13.1. The summed E-state index contributed by atoms with van der Waals surface area (Å²) < 4.78 is 39.3. The van der Waals surface area contributed by atoms with Gasteiger partial charge in [-0.15, -0.1) is 0 Å². The summed E-state index contributed by atoms with van der Waals surface area (Å²) in [7, 11) is -1.35. The molecule has 1 saturated carbocycles. The second-order valence-corrected chi connectivity index (χ2v) is 11.5. The second-order valence-electron chi connectivity index (χ2n) is 9.30. The number of amides is 1. The van der Waals surface area contributed by atoms with Crippen molar-refractivity contribution in [3.8, 4) is 0 Å². The smallest absolute Gasteiger partial charge is 0.254 e. The molecular weight excluding hydrogens is 443 g/mol. The van der Waals surface area contributed by atoms with Crippen molar-refractivity contribution in [1.29, 1.82) is 0 Å². The quantitative estimate of drug-likeness (QED) is 0.564. The van der Waals surface area contributed by atoms with Gasteiger partial charge >= 0.3 is 0 Å². The number of fused-ring (bicyclic) bond motifs is 1. The SMILES string of the molecule is Cc1nn(C2CCS(=O)(=O)C2)c2nc(C3CC3)cc(C(=O)N(C)C(C)c3ccc(F)cc3)c12. The van der Waals surface area contributed by atoms with Crippen LogP contribution in [0.25, 0.3) is 11.0 Å². The molecule has 1 aliphatic carbocycles. The van der Waals surface area contributed by atoms with Crippen molar-refractivity contribution in [2.24, 2.45) is 0 Å². The highest BCUT2D eigenvalue weighted by atomic mass is 32.2. The highest BCUT2D eigenvalue weighted by Gasteiger charge is 2.34. The van der Waals surface area contributed by atoms with Crippen LogP contribution in [0.1, 0.15) is 71.5 Å². The molecule has 5 rings (SSSR count). The molecule has 0 bridgehead atoms. The fourth-order valence-electron chi connectivity index (χ4n) is 4.64. The number of hydrogen-bond acceptors (Lipinski definition) is 5. The van der Waals surface area contributed by atoms with E-state index < -0.39 is 9.84 Å². The predicted octanol–water partition coefficient (Wildman–Crippen LogP) is 3.95. The molecule has 2 unspecified atom stereocenters. The average Bonchev–Trinajstić information content (AvgIpc) is 3.51. The first-order valence-electron chi connectivity index (χ1n) is 11.3. The maximum absolute atomic E-state index is 13.7. The van der Waals surface area contributed by atoms with E-state index in [9.17, 15) is 17.6 Å². The molecular formula is C24H27FN4O3S. The normalized spacial score (nSPS) is 20.8. The third-order valence-electron chi connectivity index (χ3n) is 6.89.